The van der Waals surface area contributed by atoms with Gasteiger partial charge in [0.05, 0.1) is 46.6 Å². The molecule has 0 fully saturated rings. The molecule has 0 N–H and O–H groups in total. The largest absolute Gasteiger partial charge is 0.467 e. The van der Waals surface area contributed by atoms with E-state index in [1.165, 1.54) is 0 Å². The van der Waals surface area contributed by atoms with Gasteiger partial charge in [0.15, 0.2) is 0 Å². The standard InChI is InChI=1S/C22H17N3O3S2/c1-14-20-17(11-18(19-7-4-10-30-19)23-21(20)28-24-14)22(26)25(12-15-5-2-8-27-15)13-16-6-3-9-29-16/h2-11H,12-13H2,1H3. The van der Waals surface area contributed by atoms with Gasteiger partial charge < -0.3 is 13.8 Å². The van der Waals surface area contributed by atoms with E-state index in [9.17, 15) is 4.79 Å². The van der Waals surface area contributed by atoms with E-state index in [1.807, 2.05) is 60.1 Å². The van der Waals surface area contributed by atoms with E-state index in [1.54, 1.807) is 33.8 Å². The van der Waals surface area contributed by atoms with Gasteiger partial charge in [-0.25, -0.2) is 4.98 Å². The van der Waals surface area contributed by atoms with Crippen molar-refractivity contribution < 1.29 is 13.7 Å². The van der Waals surface area contributed by atoms with Crippen LogP contribution in [0.3, 0.4) is 0 Å². The van der Waals surface area contributed by atoms with Crippen LogP contribution in [0, 0.1) is 6.92 Å². The number of thiophene rings is 2. The fourth-order valence-electron chi connectivity index (χ4n) is 3.37. The minimum atomic E-state index is -0.115. The van der Waals surface area contributed by atoms with E-state index in [0.717, 1.165) is 15.5 Å². The number of hydrogen-bond donors (Lipinski definition) is 0. The number of fused-ring (bicyclic) bond motifs is 1. The lowest BCUT2D eigenvalue weighted by atomic mass is 10.1. The molecule has 0 aliphatic rings. The van der Waals surface area contributed by atoms with Crippen LogP contribution in [0.2, 0.25) is 0 Å². The quantitative estimate of drug-likeness (QED) is 0.339. The number of carbonyl (C=O) groups is 1. The van der Waals surface area contributed by atoms with Crippen molar-refractivity contribution in [3.05, 3.63) is 81.4 Å². The predicted octanol–water partition coefficient (Wildman–Crippen LogP) is 5.76. The van der Waals surface area contributed by atoms with Crippen LogP contribution >= 0.6 is 22.7 Å². The zero-order chi connectivity index (χ0) is 20.5. The molecule has 0 aromatic carbocycles. The maximum atomic E-state index is 13.8. The average molecular weight is 436 g/mol. The monoisotopic (exact) mass is 435 g/mol. The second-order valence-corrected chi connectivity index (χ2v) is 8.78. The number of aryl methyl sites for hydroxylation is 1. The second kappa shape index (κ2) is 7.89. The molecule has 0 atom stereocenters. The Morgan fingerprint density at radius 1 is 1.10 bits per heavy atom. The van der Waals surface area contributed by atoms with Gasteiger partial charge in [0.25, 0.3) is 11.6 Å². The minimum absolute atomic E-state index is 0.115. The predicted molar refractivity (Wildman–Crippen MR) is 116 cm³/mol. The number of nitrogens with zero attached hydrogens (tertiary/aromatic N) is 3. The molecule has 0 unspecified atom stereocenters. The van der Waals surface area contributed by atoms with Gasteiger partial charge in [0.1, 0.15) is 5.76 Å². The Bertz CT molecular complexity index is 1240. The Balaban J connectivity index is 1.60. The van der Waals surface area contributed by atoms with Gasteiger partial charge in [-0.05, 0) is 48.0 Å². The highest BCUT2D eigenvalue weighted by atomic mass is 32.1. The molecule has 8 heteroatoms. The van der Waals surface area contributed by atoms with Gasteiger partial charge >= 0.3 is 0 Å². The topological polar surface area (TPSA) is 72.4 Å². The summed E-state index contributed by atoms with van der Waals surface area (Å²) in [5, 5.41) is 8.69. The lowest BCUT2D eigenvalue weighted by Gasteiger charge is -2.22. The van der Waals surface area contributed by atoms with Crippen LogP contribution in [0.4, 0.5) is 0 Å². The summed E-state index contributed by atoms with van der Waals surface area (Å²) >= 11 is 3.18. The molecule has 5 aromatic rings. The number of amides is 1. The Hall–Kier alpha value is -3.23. The third-order valence-corrected chi connectivity index (χ3v) is 6.52. The highest BCUT2D eigenvalue weighted by molar-refractivity contribution is 7.13. The summed E-state index contributed by atoms with van der Waals surface area (Å²) in [6, 6.07) is 13.5. The molecule has 0 radical (unpaired) electrons. The van der Waals surface area contributed by atoms with Crippen LogP contribution in [0.25, 0.3) is 21.7 Å². The van der Waals surface area contributed by atoms with E-state index in [-0.39, 0.29) is 5.91 Å². The van der Waals surface area contributed by atoms with Gasteiger partial charge in [-0.2, -0.15) is 0 Å². The van der Waals surface area contributed by atoms with Crippen LogP contribution in [0.15, 0.2) is 68.4 Å². The highest BCUT2D eigenvalue weighted by Crippen LogP contribution is 2.31. The fraction of sp³-hybridized carbons (Fsp3) is 0.136. The van der Waals surface area contributed by atoms with Crippen molar-refractivity contribution in [3.63, 3.8) is 0 Å². The Morgan fingerprint density at radius 2 is 1.97 bits per heavy atom. The molecule has 1 amide bonds. The third-order valence-electron chi connectivity index (χ3n) is 4.76. The van der Waals surface area contributed by atoms with E-state index in [2.05, 4.69) is 10.1 Å². The molecule has 5 heterocycles. The van der Waals surface area contributed by atoms with Gasteiger partial charge in [-0.3, -0.25) is 4.79 Å². The van der Waals surface area contributed by atoms with Crippen molar-refractivity contribution >= 4 is 39.7 Å². The summed E-state index contributed by atoms with van der Waals surface area (Å²) < 4.78 is 10.9. The fourth-order valence-corrected chi connectivity index (χ4v) is 4.77. The van der Waals surface area contributed by atoms with Crippen molar-refractivity contribution in [2.24, 2.45) is 0 Å². The summed E-state index contributed by atoms with van der Waals surface area (Å²) in [6.45, 7) is 2.68. The normalized spacial score (nSPS) is 11.2. The molecule has 5 aromatic heterocycles. The van der Waals surface area contributed by atoms with E-state index >= 15 is 0 Å². The van der Waals surface area contributed by atoms with Crippen LogP contribution in [-0.2, 0) is 13.1 Å². The first-order valence-electron chi connectivity index (χ1n) is 9.34. The van der Waals surface area contributed by atoms with Crippen LogP contribution in [0.5, 0.6) is 0 Å². The number of furan rings is 1. The van der Waals surface area contributed by atoms with Crippen LogP contribution in [-0.4, -0.2) is 20.9 Å². The first-order valence-corrected chi connectivity index (χ1v) is 11.1. The van der Waals surface area contributed by atoms with Crippen molar-refractivity contribution in [1.29, 1.82) is 0 Å². The lowest BCUT2D eigenvalue weighted by Crippen LogP contribution is -2.30. The van der Waals surface area contributed by atoms with Crippen LogP contribution in [0.1, 0.15) is 26.7 Å². The van der Waals surface area contributed by atoms with Crippen molar-refractivity contribution in [1.82, 2.24) is 15.0 Å². The second-order valence-electron chi connectivity index (χ2n) is 6.80. The van der Waals surface area contributed by atoms with Gasteiger partial charge in [0, 0.05) is 4.88 Å². The van der Waals surface area contributed by atoms with Crippen molar-refractivity contribution in [3.8, 4) is 10.6 Å². The summed E-state index contributed by atoms with van der Waals surface area (Å²) in [7, 11) is 0. The molecule has 0 bridgehead atoms. The molecular weight excluding hydrogens is 418 g/mol. The SMILES string of the molecule is Cc1noc2nc(-c3cccs3)cc(C(=O)N(Cc3ccco3)Cc3cccs3)c12. The van der Waals surface area contributed by atoms with Crippen LogP contribution < -0.4 is 0 Å². The molecule has 0 spiro atoms. The highest BCUT2D eigenvalue weighted by Gasteiger charge is 2.25. The van der Waals surface area contributed by atoms with Crippen molar-refractivity contribution in [2.45, 2.75) is 20.0 Å². The van der Waals surface area contributed by atoms with Gasteiger partial charge in [-0.15, -0.1) is 22.7 Å². The number of aromatic nitrogens is 2. The summed E-state index contributed by atoms with van der Waals surface area (Å²) in [5.41, 5.74) is 2.25. The lowest BCUT2D eigenvalue weighted by molar-refractivity contribution is 0.0721. The molecule has 30 heavy (non-hydrogen) atoms. The minimum Gasteiger partial charge on any atom is -0.467 e. The first-order chi connectivity index (χ1) is 14.7. The van der Waals surface area contributed by atoms with Crippen molar-refractivity contribution in [2.75, 3.05) is 0 Å². The zero-order valence-electron chi connectivity index (χ0n) is 16.1. The average Bonchev–Trinajstić information content (AvgIpc) is 3.54. The van der Waals surface area contributed by atoms with E-state index in [4.69, 9.17) is 8.94 Å². The third kappa shape index (κ3) is 3.55. The van der Waals surface area contributed by atoms with Gasteiger partial charge in [-0.1, -0.05) is 17.3 Å². The van der Waals surface area contributed by atoms with E-state index in [0.29, 0.717) is 41.1 Å². The molecule has 0 saturated heterocycles. The Labute approximate surface area is 180 Å². The molecule has 5 rings (SSSR count). The van der Waals surface area contributed by atoms with E-state index < -0.39 is 0 Å². The molecule has 0 aliphatic carbocycles. The molecular formula is C22H17N3O3S2. The number of rotatable bonds is 6. The Morgan fingerprint density at radius 3 is 2.70 bits per heavy atom. The Kier molecular flexibility index (Phi) is 4.94. The summed E-state index contributed by atoms with van der Waals surface area (Å²) in [4.78, 5) is 22.2. The van der Waals surface area contributed by atoms with Gasteiger partial charge in [0.2, 0.25) is 0 Å². The zero-order valence-corrected chi connectivity index (χ0v) is 17.7. The molecule has 6 nitrogen and oxygen atoms in total. The maximum Gasteiger partial charge on any atom is 0.259 e. The number of hydrogen-bond acceptors (Lipinski definition) is 7. The number of carbonyl (C=O) groups excluding carboxylic acids is 1. The first kappa shape index (κ1) is 18.8. The maximum absolute atomic E-state index is 13.8. The molecule has 0 saturated carbocycles. The summed E-state index contributed by atoms with van der Waals surface area (Å²) in [5.74, 6) is 0.613. The smallest absolute Gasteiger partial charge is 0.259 e. The summed E-state index contributed by atoms with van der Waals surface area (Å²) in [6.07, 6.45) is 1.62. The number of pyridine rings is 1. The molecule has 150 valence electrons. The molecule has 0 aliphatic heterocycles.